The third-order valence-corrected chi connectivity index (χ3v) is 5.01. The number of carbonyl (C=O) groups excluding carboxylic acids is 2. The SMILES string of the molecule is COC(=O)C1=C(C)N(CC2CCCO2)C(=O)C[C@H]1c1ccc(Cl)nc1. The van der Waals surface area contributed by atoms with Crippen LogP contribution in [-0.4, -0.2) is 48.1 Å². The second kappa shape index (κ2) is 7.54. The number of allylic oxidation sites excluding steroid dienone is 1. The molecule has 2 atom stereocenters. The van der Waals surface area contributed by atoms with E-state index in [2.05, 4.69) is 4.98 Å². The Morgan fingerprint density at radius 1 is 1.48 bits per heavy atom. The smallest absolute Gasteiger partial charge is 0.336 e. The van der Waals surface area contributed by atoms with Crippen LogP contribution < -0.4 is 0 Å². The van der Waals surface area contributed by atoms with Gasteiger partial charge in [-0.3, -0.25) is 4.79 Å². The summed E-state index contributed by atoms with van der Waals surface area (Å²) in [7, 11) is 1.35. The highest BCUT2D eigenvalue weighted by Gasteiger charge is 2.38. The Bertz CT molecular complexity index is 696. The van der Waals surface area contributed by atoms with Crippen molar-refractivity contribution in [3.8, 4) is 0 Å². The molecule has 0 aromatic carbocycles. The van der Waals surface area contributed by atoms with Gasteiger partial charge in [-0.05, 0) is 31.4 Å². The fourth-order valence-corrected chi connectivity index (χ4v) is 3.59. The van der Waals surface area contributed by atoms with Crippen LogP contribution in [0.2, 0.25) is 5.15 Å². The largest absolute Gasteiger partial charge is 0.466 e. The Morgan fingerprint density at radius 2 is 2.28 bits per heavy atom. The fraction of sp³-hybridized carbons (Fsp3) is 0.500. The molecule has 0 saturated carbocycles. The third-order valence-electron chi connectivity index (χ3n) is 4.79. The lowest BCUT2D eigenvalue weighted by atomic mass is 9.84. The maximum atomic E-state index is 12.7. The maximum absolute atomic E-state index is 12.7. The van der Waals surface area contributed by atoms with Crippen LogP contribution in [0.25, 0.3) is 0 Å². The minimum Gasteiger partial charge on any atom is -0.466 e. The normalized spacial score (nSPS) is 24.0. The van der Waals surface area contributed by atoms with Crippen molar-refractivity contribution in [1.29, 1.82) is 0 Å². The standard InChI is InChI=1S/C18H21ClN2O4/c1-11-17(18(23)24-2)14(12-5-6-15(19)20-9-12)8-16(22)21(11)10-13-4-3-7-25-13/h5-6,9,13-14H,3-4,7-8,10H2,1-2H3/t13?,14-/m0/s1. The molecule has 1 fully saturated rings. The minimum atomic E-state index is -0.428. The molecule has 1 unspecified atom stereocenters. The van der Waals surface area contributed by atoms with Crippen molar-refractivity contribution in [1.82, 2.24) is 9.88 Å². The first-order valence-electron chi connectivity index (χ1n) is 8.33. The number of amides is 1. The van der Waals surface area contributed by atoms with Gasteiger partial charge in [0.15, 0.2) is 0 Å². The number of nitrogens with zero attached hydrogens (tertiary/aromatic N) is 2. The summed E-state index contributed by atoms with van der Waals surface area (Å²) in [6, 6.07) is 3.45. The van der Waals surface area contributed by atoms with E-state index >= 15 is 0 Å². The maximum Gasteiger partial charge on any atom is 0.336 e. The predicted molar refractivity (Wildman–Crippen MR) is 92.0 cm³/mol. The molecule has 0 radical (unpaired) electrons. The molecule has 2 aliphatic rings. The highest BCUT2D eigenvalue weighted by molar-refractivity contribution is 6.29. The molecular formula is C18H21ClN2O4. The molecule has 6 nitrogen and oxygen atoms in total. The molecule has 0 spiro atoms. The van der Waals surface area contributed by atoms with Gasteiger partial charge in [0.05, 0.1) is 25.3 Å². The zero-order valence-corrected chi connectivity index (χ0v) is 15.1. The summed E-state index contributed by atoms with van der Waals surface area (Å²) in [6.07, 6.45) is 3.74. The van der Waals surface area contributed by atoms with E-state index in [1.807, 2.05) is 0 Å². The highest BCUT2D eigenvalue weighted by Crippen LogP contribution is 2.37. The van der Waals surface area contributed by atoms with E-state index in [1.165, 1.54) is 7.11 Å². The van der Waals surface area contributed by atoms with E-state index in [0.717, 1.165) is 25.0 Å². The molecule has 1 saturated heterocycles. The van der Waals surface area contributed by atoms with Gasteiger partial charge >= 0.3 is 5.97 Å². The number of esters is 1. The van der Waals surface area contributed by atoms with Gasteiger partial charge in [0.1, 0.15) is 5.15 Å². The number of carbonyl (C=O) groups is 2. The van der Waals surface area contributed by atoms with Gasteiger partial charge in [0.25, 0.3) is 0 Å². The number of rotatable bonds is 4. The summed E-state index contributed by atoms with van der Waals surface area (Å²) < 4.78 is 10.6. The predicted octanol–water partition coefficient (Wildman–Crippen LogP) is 2.68. The quantitative estimate of drug-likeness (QED) is 0.607. The number of halogens is 1. The van der Waals surface area contributed by atoms with Crippen LogP contribution in [0.15, 0.2) is 29.6 Å². The zero-order chi connectivity index (χ0) is 18.0. The van der Waals surface area contributed by atoms with E-state index in [-0.39, 0.29) is 24.3 Å². The van der Waals surface area contributed by atoms with Crippen molar-refractivity contribution < 1.29 is 19.1 Å². The molecule has 134 valence electrons. The molecule has 0 N–H and O–H groups in total. The van der Waals surface area contributed by atoms with Crippen molar-refractivity contribution in [2.24, 2.45) is 0 Å². The van der Waals surface area contributed by atoms with Gasteiger partial charge in [-0.2, -0.15) is 0 Å². The number of aromatic nitrogens is 1. The Morgan fingerprint density at radius 3 is 2.88 bits per heavy atom. The summed E-state index contributed by atoms with van der Waals surface area (Å²) in [5.41, 5.74) is 1.89. The average molecular weight is 365 g/mol. The van der Waals surface area contributed by atoms with Crippen molar-refractivity contribution >= 4 is 23.5 Å². The molecule has 3 heterocycles. The Balaban J connectivity index is 1.96. The molecule has 1 aromatic rings. The highest BCUT2D eigenvalue weighted by atomic mass is 35.5. The van der Waals surface area contributed by atoms with Crippen LogP contribution in [0.4, 0.5) is 0 Å². The fourth-order valence-electron chi connectivity index (χ4n) is 3.48. The monoisotopic (exact) mass is 364 g/mol. The topological polar surface area (TPSA) is 68.7 Å². The van der Waals surface area contributed by atoms with Crippen molar-refractivity contribution in [3.63, 3.8) is 0 Å². The Kier molecular flexibility index (Phi) is 5.39. The summed E-state index contributed by atoms with van der Waals surface area (Å²) in [5.74, 6) is -0.839. The third kappa shape index (κ3) is 3.70. The Hall–Kier alpha value is -1.92. The van der Waals surface area contributed by atoms with E-state index < -0.39 is 5.97 Å². The Labute approximate surface area is 151 Å². The van der Waals surface area contributed by atoms with Gasteiger partial charge in [-0.25, -0.2) is 9.78 Å². The van der Waals surface area contributed by atoms with Crippen LogP contribution in [0.3, 0.4) is 0 Å². The molecule has 7 heteroatoms. The summed E-state index contributed by atoms with van der Waals surface area (Å²) in [5, 5.41) is 0.367. The molecule has 0 bridgehead atoms. The number of hydrogen-bond acceptors (Lipinski definition) is 5. The van der Waals surface area contributed by atoms with E-state index in [0.29, 0.717) is 23.0 Å². The van der Waals surface area contributed by atoms with E-state index in [1.54, 1.807) is 30.2 Å². The molecule has 3 rings (SSSR count). The first kappa shape index (κ1) is 17.9. The van der Waals surface area contributed by atoms with Gasteiger partial charge in [0.2, 0.25) is 5.91 Å². The molecule has 0 aliphatic carbocycles. The van der Waals surface area contributed by atoms with Crippen LogP contribution in [-0.2, 0) is 19.1 Å². The number of hydrogen-bond donors (Lipinski definition) is 0. The molecular weight excluding hydrogens is 344 g/mol. The lowest BCUT2D eigenvalue weighted by Gasteiger charge is -2.35. The van der Waals surface area contributed by atoms with Gasteiger partial charge < -0.3 is 14.4 Å². The van der Waals surface area contributed by atoms with Crippen molar-refractivity contribution in [2.75, 3.05) is 20.3 Å². The second-order valence-electron chi connectivity index (χ2n) is 6.30. The first-order valence-corrected chi connectivity index (χ1v) is 8.71. The second-order valence-corrected chi connectivity index (χ2v) is 6.69. The average Bonchev–Trinajstić information content (AvgIpc) is 3.11. The van der Waals surface area contributed by atoms with Crippen LogP contribution in [0.5, 0.6) is 0 Å². The zero-order valence-electron chi connectivity index (χ0n) is 14.3. The summed E-state index contributed by atoms with van der Waals surface area (Å²) in [4.78, 5) is 30.9. The lowest BCUT2D eigenvalue weighted by molar-refractivity contribution is -0.138. The van der Waals surface area contributed by atoms with E-state index in [9.17, 15) is 9.59 Å². The lowest BCUT2D eigenvalue weighted by Crippen LogP contribution is -2.42. The van der Waals surface area contributed by atoms with E-state index in [4.69, 9.17) is 21.1 Å². The summed E-state index contributed by atoms with van der Waals surface area (Å²) >= 11 is 5.85. The minimum absolute atomic E-state index is 0.0199. The van der Waals surface area contributed by atoms with Gasteiger partial charge in [-0.1, -0.05) is 17.7 Å². The van der Waals surface area contributed by atoms with Gasteiger partial charge in [-0.15, -0.1) is 0 Å². The van der Waals surface area contributed by atoms with Crippen molar-refractivity contribution in [3.05, 3.63) is 40.3 Å². The molecule has 2 aliphatic heterocycles. The molecule has 1 amide bonds. The van der Waals surface area contributed by atoms with Crippen LogP contribution >= 0.6 is 11.6 Å². The van der Waals surface area contributed by atoms with Crippen LogP contribution in [0.1, 0.15) is 37.7 Å². The molecule has 25 heavy (non-hydrogen) atoms. The molecule has 1 aromatic heterocycles. The number of pyridine rings is 1. The first-order chi connectivity index (χ1) is 12.0. The summed E-state index contributed by atoms with van der Waals surface area (Å²) in [6.45, 7) is 2.98. The number of methoxy groups -OCH3 is 1. The number of ether oxygens (including phenoxy) is 2. The van der Waals surface area contributed by atoms with Gasteiger partial charge in [0, 0.05) is 30.8 Å². The van der Waals surface area contributed by atoms with Crippen LogP contribution in [0, 0.1) is 0 Å². The van der Waals surface area contributed by atoms with Crippen molar-refractivity contribution in [2.45, 2.75) is 38.2 Å².